The highest BCUT2D eigenvalue weighted by molar-refractivity contribution is 7.92. The number of benzene rings is 2. The second-order valence-corrected chi connectivity index (χ2v) is 9.38. The summed E-state index contributed by atoms with van der Waals surface area (Å²) in [4.78, 5) is 4.21. The zero-order chi connectivity index (χ0) is 22.2. The van der Waals surface area contributed by atoms with Gasteiger partial charge in [0.15, 0.2) is 0 Å². The van der Waals surface area contributed by atoms with E-state index in [-0.39, 0.29) is 10.6 Å². The van der Waals surface area contributed by atoms with Gasteiger partial charge < -0.3 is 5.11 Å². The zero-order valence-corrected chi connectivity index (χ0v) is 18.4. The summed E-state index contributed by atoms with van der Waals surface area (Å²) in [7, 11) is -3.91. The number of nitrogens with one attached hydrogen (secondary N) is 1. The normalized spacial score (nSPS) is 13.8. The molecule has 160 valence electrons. The first-order chi connectivity index (χ1) is 14.7. The van der Waals surface area contributed by atoms with Crippen LogP contribution in [0.5, 0.6) is 0 Å². The van der Waals surface area contributed by atoms with Crippen LogP contribution in [0, 0.1) is 0 Å². The fourth-order valence-corrected chi connectivity index (χ4v) is 4.35. The topological polar surface area (TPSA) is 110 Å². The van der Waals surface area contributed by atoms with E-state index in [9.17, 15) is 13.5 Å². The van der Waals surface area contributed by atoms with Crippen molar-refractivity contribution in [2.75, 3.05) is 4.72 Å². The van der Waals surface area contributed by atoms with Crippen LogP contribution in [0.25, 0.3) is 16.9 Å². The van der Waals surface area contributed by atoms with Gasteiger partial charge in [-0.3, -0.25) is 4.72 Å². The Balaban J connectivity index is 1.73. The van der Waals surface area contributed by atoms with E-state index in [1.165, 1.54) is 16.8 Å². The molecule has 0 amide bonds. The number of hydrogen-bond acceptors (Lipinski definition) is 6. The summed E-state index contributed by atoms with van der Waals surface area (Å²) in [5.41, 5.74) is 1.34. The number of fused-ring (bicyclic) bond motifs is 1. The Morgan fingerprint density at radius 2 is 1.90 bits per heavy atom. The average Bonchev–Trinajstić information content (AvgIpc) is 3.19. The van der Waals surface area contributed by atoms with Gasteiger partial charge in [0.1, 0.15) is 5.52 Å². The van der Waals surface area contributed by atoms with Gasteiger partial charge in [0.2, 0.25) is 5.65 Å². The molecule has 0 aliphatic rings. The summed E-state index contributed by atoms with van der Waals surface area (Å²) in [6, 6.07) is 14.4. The van der Waals surface area contributed by atoms with Crippen molar-refractivity contribution in [1.82, 2.24) is 20.0 Å². The van der Waals surface area contributed by atoms with E-state index >= 15 is 0 Å². The number of hydrogen-bond donors (Lipinski definition) is 2. The summed E-state index contributed by atoms with van der Waals surface area (Å²) in [6.07, 6.45) is 2.11. The minimum Gasteiger partial charge on any atom is -0.385 e. The Morgan fingerprint density at radius 1 is 1.16 bits per heavy atom. The predicted molar refractivity (Wildman–Crippen MR) is 119 cm³/mol. The summed E-state index contributed by atoms with van der Waals surface area (Å²) >= 11 is 6.17. The molecule has 4 rings (SSSR count). The maximum absolute atomic E-state index is 13.0. The van der Waals surface area contributed by atoms with Crippen LogP contribution >= 0.6 is 11.6 Å². The molecule has 2 aromatic heterocycles. The van der Waals surface area contributed by atoms with Crippen LogP contribution in [0.3, 0.4) is 0 Å². The van der Waals surface area contributed by atoms with Crippen molar-refractivity contribution in [2.24, 2.45) is 0 Å². The lowest BCUT2D eigenvalue weighted by molar-refractivity contribution is 0.0530. The largest absolute Gasteiger partial charge is 0.385 e. The summed E-state index contributed by atoms with van der Waals surface area (Å²) in [6.45, 7) is 3.55. The molecule has 4 aromatic rings. The number of aliphatic hydroxyl groups is 1. The standard InChI is InChI=1S/C21H20ClN5O3S/c1-3-21(2,28)14-6-9-16(10-7-14)31(29,30)25-17-11-8-15(22)13-19(17)27-18-5-4-12-23-20(18)24-26-27/h4-13,25,28H,3H2,1-2H3. The van der Waals surface area contributed by atoms with Crippen LogP contribution in [0.1, 0.15) is 25.8 Å². The first-order valence-electron chi connectivity index (χ1n) is 9.53. The molecule has 0 fully saturated rings. The second-order valence-electron chi connectivity index (χ2n) is 7.27. The second kappa shape index (κ2) is 7.92. The molecule has 0 spiro atoms. The molecule has 8 nitrogen and oxygen atoms in total. The SMILES string of the molecule is CCC(C)(O)c1ccc(S(=O)(=O)Nc2ccc(Cl)cc2-n2nnc3ncccc32)cc1. The molecule has 1 unspecified atom stereocenters. The zero-order valence-electron chi connectivity index (χ0n) is 16.8. The molecular formula is C21H20ClN5O3S. The van der Waals surface area contributed by atoms with Crippen LogP contribution < -0.4 is 4.72 Å². The fourth-order valence-electron chi connectivity index (χ4n) is 3.11. The molecule has 2 N–H and O–H groups in total. The summed E-state index contributed by atoms with van der Waals surface area (Å²) in [5, 5.41) is 18.9. The Labute approximate surface area is 184 Å². The molecule has 1 atom stereocenters. The van der Waals surface area contributed by atoms with Crippen molar-refractivity contribution < 1.29 is 13.5 Å². The minimum absolute atomic E-state index is 0.0640. The lowest BCUT2D eigenvalue weighted by Crippen LogP contribution is -2.20. The first kappa shape index (κ1) is 21.2. The number of nitrogens with zero attached hydrogens (tertiary/aromatic N) is 4. The van der Waals surface area contributed by atoms with Crippen molar-refractivity contribution in [1.29, 1.82) is 0 Å². The molecule has 0 saturated heterocycles. The average molecular weight is 458 g/mol. The molecule has 0 aliphatic carbocycles. The van der Waals surface area contributed by atoms with Gasteiger partial charge in [-0.2, -0.15) is 0 Å². The molecule has 31 heavy (non-hydrogen) atoms. The molecule has 0 bridgehead atoms. The third kappa shape index (κ3) is 4.12. The van der Waals surface area contributed by atoms with Crippen molar-refractivity contribution in [3.05, 3.63) is 71.4 Å². The van der Waals surface area contributed by atoms with E-state index in [0.29, 0.717) is 33.9 Å². The number of rotatable bonds is 6. The molecule has 2 aromatic carbocycles. The van der Waals surface area contributed by atoms with Gasteiger partial charge in [-0.25, -0.2) is 18.1 Å². The smallest absolute Gasteiger partial charge is 0.261 e. The highest BCUT2D eigenvalue weighted by Gasteiger charge is 2.23. The van der Waals surface area contributed by atoms with Crippen molar-refractivity contribution in [3.63, 3.8) is 0 Å². The van der Waals surface area contributed by atoms with Gasteiger partial charge in [0.05, 0.1) is 21.9 Å². The van der Waals surface area contributed by atoms with Crippen molar-refractivity contribution in [2.45, 2.75) is 30.8 Å². The molecule has 10 heteroatoms. The summed E-state index contributed by atoms with van der Waals surface area (Å²) < 4.78 is 30.2. The number of anilines is 1. The molecule has 0 aliphatic heterocycles. The molecule has 0 saturated carbocycles. The number of pyridine rings is 1. The highest BCUT2D eigenvalue weighted by Crippen LogP contribution is 2.29. The molecule has 0 radical (unpaired) electrons. The Morgan fingerprint density at radius 3 is 2.61 bits per heavy atom. The predicted octanol–water partition coefficient (Wildman–Crippen LogP) is 3.89. The lowest BCUT2D eigenvalue weighted by Gasteiger charge is -2.22. The van der Waals surface area contributed by atoms with E-state index in [2.05, 4.69) is 20.0 Å². The molecule has 2 heterocycles. The van der Waals surface area contributed by atoms with Gasteiger partial charge >= 0.3 is 0 Å². The summed E-state index contributed by atoms with van der Waals surface area (Å²) in [5.74, 6) is 0. The maximum Gasteiger partial charge on any atom is 0.261 e. The molecular weight excluding hydrogens is 438 g/mol. The first-order valence-corrected chi connectivity index (χ1v) is 11.4. The minimum atomic E-state index is -3.91. The van der Waals surface area contributed by atoms with Crippen molar-refractivity contribution >= 4 is 38.5 Å². The Kier molecular flexibility index (Phi) is 5.42. The number of halogens is 1. The number of sulfonamides is 1. The third-order valence-electron chi connectivity index (χ3n) is 5.13. The van der Waals surface area contributed by atoms with Crippen LogP contribution in [-0.4, -0.2) is 33.5 Å². The monoisotopic (exact) mass is 457 g/mol. The highest BCUT2D eigenvalue weighted by atomic mass is 35.5. The lowest BCUT2D eigenvalue weighted by atomic mass is 9.94. The van der Waals surface area contributed by atoms with Gasteiger partial charge in [-0.15, -0.1) is 5.10 Å². The van der Waals surface area contributed by atoms with Gasteiger partial charge in [0.25, 0.3) is 10.0 Å². The number of aromatic nitrogens is 4. The van der Waals surface area contributed by atoms with Gasteiger partial charge in [0, 0.05) is 11.2 Å². The Bertz CT molecular complexity index is 1350. The quantitative estimate of drug-likeness (QED) is 0.454. The van der Waals surface area contributed by atoms with E-state index < -0.39 is 15.6 Å². The van der Waals surface area contributed by atoms with Gasteiger partial charge in [-0.05, 0) is 61.4 Å². The van der Waals surface area contributed by atoms with Crippen LogP contribution in [-0.2, 0) is 15.6 Å². The maximum atomic E-state index is 13.0. The van der Waals surface area contributed by atoms with E-state index in [4.69, 9.17) is 11.6 Å². The van der Waals surface area contributed by atoms with E-state index in [0.717, 1.165) is 0 Å². The van der Waals surface area contributed by atoms with Crippen LogP contribution in [0.2, 0.25) is 5.02 Å². The van der Waals surface area contributed by atoms with Crippen LogP contribution in [0.4, 0.5) is 5.69 Å². The van der Waals surface area contributed by atoms with Gasteiger partial charge in [-0.1, -0.05) is 35.9 Å². The third-order valence-corrected chi connectivity index (χ3v) is 6.75. The fraction of sp³-hybridized carbons (Fsp3) is 0.190. The Hall–Kier alpha value is -3.01. The van der Waals surface area contributed by atoms with E-state index in [1.54, 1.807) is 55.6 Å². The van der Waals surface area contributed by atoms with Crippen molar-refractivity contribution in [3.8, 4) is 5.69 Å². The van der Waals surface area contributed by atoms with E-state index in [1.807, 2.05) is 6.92 Å². The van der Waals surface area contributed by atoms with Crippen LogP contribution in [0.15, 0.2) is 65.7 Å².